The minimum absolute atomic E-state index is 0.0731. The molecule has 29 heavy (non-hydrogen) atoms. The molecule has 2 amide bonds. The largest absolute Gasteiger partial charge is 0.492 e. The first kappa shape index (κ1) is 20.8. The van der Waals surface area contributed by atoms with Crippen molar-refractivity contribution in [3.05, 3.63) is 30.6 Å². The lowest BCUT2D eigenvalue weighted by atomic mass is 9.98. The van der Waals surface area contributed by atoms with E-state index in [2.05, 4.69) is 27.4 Å². The van der Waals surface area contributed by atoms with Gasteiger partial charge in [0.1, 0.15) is 12.2 Å². The number of ether oxygens (including phenoxy) is 1. The van der Waals surface area contributed by atoms with Crippen LogP contribution in [0.4, 0.5) is 0 Å². The lowest BCUT2D eigenvalue weighted by Crippen LogP contribution is -2.43. The van der Waals surface area contributed by atoms with Crippen molar-refractivity contribution in [2.45, 2.75) is 39.0 Å². The van der Waals surface area contributed by atoms with Crippen molar-refractivity contribution in [1.29, 1.82) is 0 Å². The van der Waals surface area contributed by atoms with Crippen molar-refractivity contribution in [3.63, 3.8) is 0 Å². The Labute approximate surface area is 171 Å². The molecule has 0 aromatic carbocycles. The Bertz CT molecular complexity index is 776. The van der Waals surface area contributed by atoms with Crippen LogP contribution in [-0.2, 0) is 9.59 Å². The van der Waals surface area contributed by atoms with Crippen molar-refractivity contribution in [3.8, 4) is 17.1 Å². The number of hydrogen-bond acceptors (Lipinski definition) is 5. The standard InChI is InChI=1S/C21H29N5O3/c1-2-3-9-22-20(27)12-21(28)26-11-4-5-16(14-26)15-29-17-6-7-18(23-13-17)19-8-10-24-25-19/h6-8,10,13,16H,2-5,9,11-12,14-15H2,1H3,(H,22,27)(H,24,25)/t16-/m1/s1. The van der Waals surface area contributed by atoms with E-state index in [1.807, 2.05) is 18.2 Å². The fourth-order valence-corrected chi connectivity index (χ4v) is 3.38. The molecule has 0 aliphatic carbocycles. The van der Waals surface area contributed by atoms with Crippen LogP contribution in [0.1, 0.15) is 39.0 Å². The minimum Gasteiger partial charge on any atom is -0.492 e. The monoisotopic (exact) mass is 399 g/mol. The summed E-state index contributed by atoms with van der Waals surface area (Å²) in [4.78, 5) is 30.5. The van der Waals surface area contributed by atoms with Crippen LogP contribution in [0.2, 0.25) is 0 Å². The summed E-state index contributed by atoms with van der Waals surface area (Å²) in [6, 6.07) is 5.63. The first-order valence-corrected chi connectivity index (χ1v) is 10.3. The van der Waals surface area contributed by atoms with E-state index in [9.17, 15) is 9.59 Å². The van der Waals surface area contributed by atoms with Gasteiger partial charge in [0.05, 0.1) is 24.2 Å². The van der Waals surface area contributed by atoms with Gasteiger partial charge in [0.2, 0.25) is 11.8 Å². The zero-order chi connectivity index (χ0) is 20.5. The molecular weight excluding hydrogens is 370 g/mol. The zero-order valence-electron chi connectivity index (χ0n) is 16.9. The van der Waals surface area contributed by atoms with E-state index < -0.39 is 0 Å². The number of aromatic nitrogens is 3. The van der Waals surface area contributed by atoms with Crippen LogP contribution in [0, 0.1) is 5.92 Å². The molecule has 1 fully saturated rings. The van der Waals surface area contributed by atoms with E-state index in [0.717, 1.165) is 37.1 Å². The highest BCUT2D eigenvalue weighted by atomic mass is 16.5. The lowest BCUT2D eigenvalue weighted by molar-refractivity contribution is -0.137. The summed E-state index contributed by atoms with van der Waals surface area (Å²) in [7, 11) is 0. The van der Waals surface area contributed by atoms with Gasteiger partial charge in [0, 0.05) is 31.7 Å². The van der Waals surface area contributed by atoms with Crippen LogP contribution in [-0.4, -0.2) is 58.1 Å². The van der Waals surface area contributed by atoms with Gasteiger partial charge < -0.3 is 15.0 Å². The van der Waals surface area contributed by atoms with Crippen molar-refractivity contribution >= 4 is 11.8 Å². The van der Waals surface area contributed by atoms with Gasteiger partial charge in [-0.1, -0.05) is 13.3 Å². The Balaban J connectivity index is 1.43. The van der Waals surface area contributed by atoms with E-state index >= 15 is 0 Å². The van der Waals surface area contributed by atoms with Crippen LogP contribution in [0.3, 0.4) is 0 Å². The Kier molecular flexibility index (Phi) is 7.61. The molecule has 8 heteroatoms. The summed E-state index contributed by atoms with van der Waals surface area (Å²) in [5.41, 5.74) is 1.67. The number of hydrogen-bond donors (Lipinski definition) is 2. The van der Waals surface area contributed by atoms with Crippen molar-refractivity contribution < 1.29 is 14.3 Å². The lowest BCUT2D eigenvalue weighted by Gasteiger charge is -2.32. The van der Waals surface area contributed by atoms with Gasteiger partial charge in [-0.3, -0.25) is 19.7 Å². The molecule has 0 bridgehead atoms. The maximum Gasteiger partial charge on any atom is 0.232 e. The molecule has 1 saturated heterocycles. The van der Waals surface area contributed by atoms with Gasteiger partial charge in [-0.05, 0) is 37.5 Å². The molecular formula is C21H29N5O3. The second-order valence-electron chi connectivity index (χ2n) is 7.39. The van der Waals surface area contributed by atoms with E-state index in [-0.39, 0.29) is 24.2 Å². The second-order valence-corrected chi connectivity index (χ2v) is 7.39. The first-order valence-electron chi connectivity index (χ1n) is 10.3. The van der Waals surface area contributed by atoms with Crippen molar-refractivity contribution in [2.75, 3.05) is 26.2 Å². The Morgan fingerprint density at radius 3 is 2.97 bits per heavy atom. The number of amides is 2. The summed E-state index contributed by atoms with van der Waals surface area (Å²) in [5.74, 6) is 0.662. The summed E-state index contributed by atoms with van der Waals surface area (Å²) in [5, 5.41) is 9.60. The third-order valence-electron chi connectivity index (χ3n) is 5.03. The molecule has 0 saturated carbocycles. The van der Waals surface area contributed by atoms with E-state index in [4.69, 9.17) is 4.74 Å². The van der Waals surface area contributed by atoms with Crippen LogP contribution < -0.4 is 10.1 Å². The van der Waals surface area contributed by atoms with Gasteiger partial charge in [-0.25, -0.2) is 0 Å². The zero-order valence-corrected chi connectivity index (χ0v) is 16.9. The highest BCUT2D eigenvalue weighted by Gasteiger charge is 2.25. The number of H-pyrrole nitrogens is 1. The molecule has 156 valence electrons. The molecule has 3 rings (SSSR count). The Morgan fingerprint density at radius 2 is 2.24 bits per heavy atom. The first-order chi connectivity index (χ1) is 14.2. The van der Waals surface area contributed by atoms with E-state index in [0.29, 0.717) is 32.0 Å². The number of carbonyl (C=O) groups is 2. The molecule has 8 nitrogen and oxygen atoms in total. The van der Waals surface area contributed by atoms with Gasteiger partial charge in [-0.2, -0.15) is 5.10 Å². The highest BCUT2D eigenvalue weighted by molar-refractivity contribution is 5.96. The van der Waals surface area contributed by atoms with E-state index in [1.165, 1.54) is 0 Å². The molecule has 2 aromatic heterocycles. The smallest absolute Gasteiger partial charge is 0.232 e. The topological polar surface area (TPSA) is 100 Å². The maximum absolute atomic E-state index is 12.4. The van der Waals surface area contributed by atoms with Crippen LogP contribution >= 0.6 is 0 Å². The molecule has 2 aromatic rings. The number of likely N-dealkylation sites (tertiary alicyclic amines) is 1. The SMILES string of the molecule is CCCCNC(=O)CC(=O)N1CCC[C@@H](COc2ccc(-c3ccn[nH]3)nc2)C1. The number of nitrogens with one attached hydrogen (secondary N) is 2. The maximum atomic E-state index is 12.4. The summed E-state index contributed by atoms with van der Waals surface area (Å²) < 4.78 is 5.89. The normalized spacial score (nSPS) is 16.4. The third-order valence-corrected chi connectivity index (χ3v) is 5.03. The Hall–Kier alpha value is -2.90. The molecule has 0 spiro atoms. The number of piperidine rings is 1. The van der Waals surface area contributed by atoms with Crippen LogP contribution in [0.5, 0.6) is 5.75 Å². The van der Waals surface area contributed by atoms with Crippen LogP contribution in [0.25, 0.3) is 11.4 Å². The highest BCUT2D eigenvalue weighted by Crippen LogP contribution is 2.21. The predicted molar refractivity (Wildman–Crippen MR) is 109 cm³/mol. The number of aromatic amines is 1. The fraction of sp³-hybridized carbons (Fsp3) is 0.524. The molecule has 1 atom stereocenters. The second kappa shape index (κ2) is 10.6. The molecule has 3 heterocycles. The number of nitrogens with zero attached hydrogens (tertiary/aromatic N) is 3. The number of unbranched alkanes of at least 4 members (excludes halogenated alkanes) is 1. The quantitative estimate of drug-likeness (QED) is 0.498. The minimum atomic E-state index is -0.190. The molecule has 0 unspecified atom stereocenters. The average Bonchev–Trinajstić information content (AvgIpc) is 3.28. The number of pyridine rings is 1. The van der Waals surface area contributed by atoms with Gasteiger partial charge in [-0.15, -0.1) is 0 Å². The molecule has 0 radical (unpaired) electrons. The number of rotatable bonds is 9. The van der Waals surface area contributed by atoms with Crippen molar-refractivity contribution in [1.82, 2.24) is 25.4 Å². The Morgan fingerprint density at radius 1 is 1.34 bits per heavy atom. The summed E-state index contributed by atoms with van der Waals surface area (Å²) in [6.07, 6.45) is 7.19. The van der Waals surface area contributed by atoms with Crippen LogP contribution in [0.15, 0.2) is 30.6 Å². The molecule has 1 aliphatic rings. The summed E-state index contributed by atoms with van der Waals surface area (Å²) >= 11 is 0. The van der Waals surface area contributed by atoms with E-state index in [1.54, 1.807) is 17.3 Å². The van der Waals surface area contributed by atoms with Gasteiger partial charge in [0.25, 0.3) is 0 Å². The van der Waals surface area contributed by atoms with Gasteiger partial charge in [0.15, 0.2) is 0 Å². The molecule has 2 N–H and O–H groups in total. The molecule has 1 aliphatic heterocycles. The predicted octanol–water partition coefficient (Wildman–Crippen LogP) is 2.40. The number of carbonyl (C=O) groups excluding carboxylic acids is 2. The van der Waals surface area contributed by atoms with Gasteiger partial charge >= 0.3 is 0 Å². The fourth-order valence-electron chi connectivity index (χ4n) is 3.38. The van der Waals surface area contributed by atoms with Crippen molar-refractivity contribution in [2.24, 2.45) is 5.92 Å². The summed E-state index contributed by atoms with van der Waals surface area (Å²) in [6.45, 7) is 4.56. The average molecular weight is 399 g/mol. The third kappa shape index (κ3) is 6.30.